The summed E-state index contributed by atoms with van der Waals surface area (Å²) in [6.07, 6.45) is 6.23. The molecule has 0 atom stereocenters. The van der Waals surface area contributed by atoms with E-state index < -0.39 is 0 Å². The van der Waals surface area contributed by atoms with Gasteiger partial charge in [0, 0.05) is 38.3 Å². The average molecular weight is 537 g/mol. The number of carbonyl (C=O) groups excluding carboxylic acids is 2. The van der Waals surface area contributed by atoms with Crippen LogP contribution in [0.4, 0.5) is 8.78 Å². The summed E-state index contributed by atoms with van der Waals surface area (Å²) in [6.45, 7) is 1.33. The van der Waals surface area contributed by atoms with Crippen LogP contribution in [-0.2, 0) is 22.7 Å². The molecule has 0 aliphatic heterocycles. The van der Waals surface area contributed by atoms with Gasteiger partial charge in [-0.1, -0.05) is 84.9 Å². The Hall–Kier alpha value is -4.84. The number of carbonyl (C=O) groups is 2. The van der Waals surface area contributed by atoms with Crippen LogP contribution >= 0.6 is 0 Å². The van der Waals surface area contributed by atoms with Crippen molar-refractivity contribution in [2.24, 2.45) is 0 Å². The second kappa shape index (κ2) is 14.4. The van der Waals surface area contributed by atoms with E-state index in [-0.39, 0.29) is 23.4 Å². The number of hydrogen-bond donors (Lipinski definition) is 0. The van der Waals surface area contributed by atoms with Crippen LogP contribution in [0, 0.1) is 11.6 Å². The molecule has 0 N–H and O–H groups in total. The van der Waals surface area contributed by atoms with E-state index in [9.17, 15) is 18.4 Å². The van der Waals surface area contributed by atoms with Crippen LogP contribution in [0.2, 0.25) is 0 Å². The first-order valence-electron chi connectivity index (χ1n) is 13.0. The van der Waals surface area contributed by atoms with E-state index >= 15 is 0 Å². The number of benzene rings is 4. The van der Waals surface area contributed by atoms with E-state index in [0.29, 0.717) is 37.3 Å². The molecule has 2 amide bonds. The van der Waals surface area contributed by atoms with Crippen LogP contribution in [0.3, 0.4) is 0 Å². The van der Waals surface area contributed by atoms with Gasteiger partial charge in [-0.05, 0) is 58.7 Å². The van der Waals surface area contributed by atoms with Crippen LogP contribution in [0.1, 0.15) is 22.3 Å². The van der Waals surface area contributed by atoms with Gasteiger partial charge in [-0.2, -0.15) is 0 Å². The zero-order valence-corrected chi connectivity index (χ0v) is 22.0. The predicted octanol–water partition coefficient (Wildman–Crippen LogP) is 6.75. The van der Waals surface area contributed by atoms with Crippen molar-refractivity contribution in [2.75, 3.05) is 13.1 Å². The summed E-state index contributed by atoms with van der Waals surface area (Å²) < 4.78 is 26.5. The highest BCUT2D eigenvalue weighted by molar-refractivity contribution is 5.93. The molecule has 0 aromatic heterocycles. The molecule has 202 valence electrons. The molecule has 4 aromatic carbocycles. The Morgan fingerprint density at radius 3 is 1.23 bits per heavy atom. The molecule has 0 bridgehead atoms. The maximum absolute atomic E-state index is 13.3. The minimum Gasteiger partial charge on any atom is -0.333 e. The fourth-order valence-electron chi connectivity index (χ4n) is 4.08. The van der Waals surface area contributed by atoms with Gasteiger partial charge in [-0.15, -0.1) is 0 Å². The van der Waals surface area contributed by atoms with Crippen LogP contribution in [-0.4, -0.2) is 34.7 Å². The molecular formula is C34H30F2N2O2. The Balaban J connectivity index is 1.52. The predicted molar refractivity (Wildman–Crippen MR) is 155 cm³/mol. The lowest BCUT2D eigenvalue weighted by atomic mass is 10.1. The number of amides is 2. The third-order valence-corrected chi connectivity index (χ3v) is 6.27. The molecule has 0 heterocycles. The molecule has 4 rings (SSSR count). The Labute approximate surface area is 233 Å². The fraction of sp³-hybridized carbons (Fsp3) is 0.118. The fourth-order valence-corrected chi connectivity index (χ4v) is 4.08. The Kier molecular flexibility index (Phi) is 10.1. The first kappa shape index (κ1) is 28.2. The smallest absolute Gasteiger partial charge is 0.246 e. The van der Waals surface area contributed by atoms with Crippen LogP contribution < -0.4 is 0 Å². The van der Waals surface area contributed by atoms with E-state index in [1.165, 1.54) is 36.4 Å². The molecule has 6 heteroatoms. The van der Waals surface area contributed by atoms with Gasteiger partial charge in [0.1, 0.15) is 11.6 Å². The molecule has 40 heavy (non-hydrogen) atoms. The van der Waals surface area contributed by atoms with E-state index in [4.69, 9.17) is 0 Å². The van der Waals surface area contributed by atoms with E-state index in [1.54, 1.807) is 46.2 Å². The maximum Gasteiger partial charge on any atom is 0.246 e. The molecular weight excluding hydrogens is 506 g/mol. The number of halogens is 2. The summed E-state index contributed by atoms with van der Waals surface area (Å²) in [6, 6.07) is 31.1. The highest BCUT2D eigenvalue weighted by atomic mass is 19.1. The molecule has 0 spiro atoms. The van der Waals surface area contributed by atoms with Crippen LogP contribution in [0.5, 0.6) is 0 Å². The Morgan fingerprint density at radius 2 is 0.875 bits per heavy atom. The summed E-state index contributed by atoms with van der Waals surface area (Å²) in [5.41, 5.74) is 3.34. The number of rotatable bonds is 11. The molecule has 0 aliphatic rings. The van der Waals surface area contributed by atoms with Gasteiger partial charge in [0.15, 0.2) is 0 Å². The molecule has 0 radical (unpaired) electrons. The van der Waals surface area contributed by atoms with Crippen molar-refractivity contribution in [1.29, 1.82) is 0 Å². The molecule has 4 aromatic rings. The Morgan fingerprint density at radius 1 is 0.525 bits per heavy atom. The first-order valence-corrected chi connectivity index (χ1v) is 13.0. The van der Waals surface area contributed by atoms with Gasteiger partial charge in [-0.3, -0.25) is 9.59 Å². The van der Waals surface area contributed by atoms with Crippen molar-refractivity contribution in [3.8, 4) is 0 Å². The van der Waals surface area contributed by atoms with Crippen molar-refractivity contribution in [1.82, 2.24) is 9.80 Å². The number of hydrogen-bond acceptors (Lipinski definition) is 2. The third-order valence-electron chi connectivity index (χ3n) is 6.27. The lowest BCUT2D eigenvalue weighted by Gasteiger charge is -2.27. The van der Waals surface area contributed by atoms with Gasteiger partial charge < -0.3 is 9.80 Å². The van der Waals surface area contributed by atoms with E-state index in [1.807, 2.05) is 60.7 Å². The summed E-state index contributed by atoms with van der Waals surface area (Å²) in [5, 5.41) is 0. The number of nitrogens with zero attached hydrogens (tertiary/aromatic N) is 2. The van der Waals surface area contributed by atoms with Crippen molar-refractivity contribution in [3.05, 3.63) is 155 Å². The van der Waals surface area contributed by atoms with E-state index in [2.05, 4.69) is 0 Å². The summed E-state index contributed by atoms with van der Waals surface area (Å²) in [7, 11) is 0. The van der Waals surface area contributed by atoms with Gasteiger partial charge in [0.25, 0.3) is 0 Å². The summed E-state index contributed by atoms with van der Waals surface area (Å²) in [5.74, 6) is -1.12. The third kappa shape index (κ3) is 8.88. The SMILES string of the molecule is O=C(C=Cc1ccc(F)cc1)N(CCN(Cc1ccccc1)C(=O)C=Cc1ccc(F)cc1)Cc1ccccc1. The van der Waals surface area contributed by atoms with Crippen molar-refractivity contribution < 1.29 is 18.4 Å². The largest absolute Gasteiger partial charge is 0.333 e. The minimum absolute atomic E-state index is 0.220. The molecule has 0 fully saturated rings. The van der Waals surface area contributed by atoms with Crippen molar-refractivity contribution in [3.63, 3.8) is 0 Å². The zero-order chi connectivity index (χ0) is 28.2. The average Bonchev–Trinajstić information content (AvgIpc) is 2.98. The first-order chi connectivity index (χ1) is 19.5. The summed E-state index contributed by atoms with van der Waals surface area (Å²) >= 11 is 0. The zero-order valence-electron chi connectivity index (χ0n) is 22.0. The van der Waals surface area contributed by atoms with Gasteiger partial charge in [0.05, 0.1) is 0 Å². The van der Waals surface area contributed by atoms with Gasteiger partial charge in [0.2, 0.25) is 11.8 Å². The lowest BCUT2D eigenvalue weighted by Crippen LogP contribution is -2.39. The quantitative estimate of drug-likeness (QED) is 0.199. The van der Waals surface area contributed by atoms with E-state index in [0.717, 1.165) is 11.1 Å². The van der Waals surface area contributed by atoms with Crippen molar-refractivity contribution in [2.45, 2.75) is 13.1 Å². The maximum atomic E-state index is 13.3. The minimum atomic E-state index is -0.342. The highest BCUT2D eigenvalue weighted by Crippen LogP contribution is 2.12. The summed E-state index contributed by atoms with van der Waals surface area (Å²) in [4.78, 5) is 29.9. The van der Waals surface area contributed by atoms with Crippen molar-refractivity contribution >= 4 is 24.0 Å². The lowest BCUT2D eigenvalue weighted by molar-refractivity contribution is -0.130. The molecule has 4 nitrogen and oxygen atoms in total. The van der Waals surface area contributed by atoms with Gasteiger partial charge in [-0.25, -0.2) is 8.78 Å². The van der Waals surface area contributed by atoms with Crippen LogP contribution in [0.25, 0.3) is 12.2 Å². The van der Waals surface area contributed by atoms with Gasteiger partial charge >= 0.3 is 0 Å². The molecule has 0 saturated heterocycles. The molecule has 0 saturated carbocycles. The Bertz CT molecular complexity index is 1320. The second-order valence-electron chi connectivity index (χ2n) is 9.26. The monoisotopic (exact) mass is 536 g/mol. The molecule has 0 unspecified atom stereocenters. The molecule has 0 aliphatic carbocycles. The van der Waals surface area contributed by atoms with Crippen LogP contribution in [0.15, 0.2) is 121 Å². The normalized spacial score (nSPS) is 11.2. The highest BCUT2D eigenvalue weighted by Gasteiger charge is 2.17. The standard InChI is InChI=1S/C34H30F2N2O2/c35-31-17-11-27(12-18-31)15-21-33(39)37(25-29-7-3-1-4-8-29)23-24-38(26-30-9-5-2-6-10-30)34(40)22-16-28-13-19-32(36)20-14-28/h1-22H,23-26H2. The topological polar surface area (TPSA) is 40.6 Å². The second-order valence-corrected chi connectivity index (χ2v) is 9.26.